The molecule has 1 aliphatic rings. The van der Waals surface area contributed by atoms with Gasteiger partial charge in [0.25, 0.3) is 0 Å². The molecule has 0 spiro atoms. The van der Waals surface area contributed by atoms with E-state index >= 15 is 0 Å². The molecule has 6 nitrogen and oxygen atoms in total. The van der Waals surface area contributed by atoms with Crippen molar-refractivity contribution in [1.82, 2.24) is 10.6 Å². The molecule has 0 aromatic rings. The summed E-state index contributed by atoms with van der Waals surface area (Å²) in [6.45, 7) is 0. The molecule has 0 aromatic heterocycles. The molecular weight excluding hydrogens is 268 g/mol. The fraction of sp³-hybridized carbons (Fsp3) is 0.833. The van der Waals surface area contributed by atoms with Crippen LogP contribution in [0, 0.1) is 0 Å². The number of urea groups is 1. The van der Waals surface area contributed by atoms with Gasteiger partial charge in [-0.1, -0.05) is 12.8 Å². The number of thioether (sulfide) groups is 1. The van der Waals surface area contributed by atoms with Crippen molar-refractivity contribution >= 4 is 23.8 Å². The quantitative estimate of drug-likeness (QED) is 0.580. The highest BCUT2D eigenvalue weighted by Gasteiger charge is 2.26. The van der Waals surface area contributed by atoms with Crippen LogP contribution in [0.4, 0.5) is 4.79 Å². The molecule has 19 heavy (non-hydrogen) atoms. The summed E-state index contributed by atoms with van der Waals surface area (Å²) < 4.78 is 0. The third kappa shape index (κ3) is 5.69. The molecule has 4 N–H and O–H groups in total. The van der Waals surface area contributed by atoms with Gasteiger partial charge in [-0.2, -0.15) is 11.8 Å². The van der Waals surface area contributed by atoms with Crippen molar-refractivity contribution < 1.29 is 19.8 Å². The number of nitrogens with one attached hydrogen (secondary N) is 2. The largest absolute Gasteiger partial charge is 0.480 e. The first-order chi connectivity index (χ1) is 9.04. The highest BCUT2D eigenvalue weighted by atomic mass is 32.2. The van der Waals surface area contributed by atoms with E-state index in [0.717, 1.165) is 19.3 Å². The molecule has 1 saturated carbocycles. The van der Waals surface area contributed by atoms with Crippen LogP contribution in [0.5, 0.6) is 0 Å². The molecule has 1 rings (SSSR count). The number of amides is 2. The SMILES string of the molecule is CSCCC(NC(=O)NC1CCCCC1O)C(=O)O. The summed E-state index contributed by atoms with van der Waals surface area (Å²) in [4.78, 5) is 22.7. The van der Waals surface area contributed by atoms with Gasteiger partial charge in [0.05, 0.1) is 12.1 Å². The maximum atomic E-state index is 11.7. The number of aliphatic carboxylic acids is 1. The van der Waals surface area contributed by atoms with Crippen molar-refractivity contribution in [1.29, 1.82) is 0 Å². The molecule has 0 heterocycles. The van der Waals surface area contributed by atoms with Gasteiger partial charge in [0.15, 0.2) is 0 Å². The number of aliphatic hydroxyl groups is 1. The van der Waals surface area contributed by atoms with E-state index < -0.39 is 24.1 Å². The average Bonchev–Trinajstić information content (AvgIpc) is 2.37. The Bertz CT molecular complexity index is 314. The van der Waals surface area contributed by atoms with Crippen LogP contribution >= 0.6 is 11.8 Å². The Balaban J connectivity index is 2.40. The monoisotopic (exact) mass is 290 g/mol. The van der Waals surface area contributed by atoms with Crippen molar-refractivity contribution in [2.75, 3.05) is 12.0 Å². The summed E-state index contributed by atoms with van der Waals surface area (Å²) in [6.07, 6.45) is 5.09. The van der Waals surface area contributed by atoms with Gasteiger partial charge in [0.2, 0.25) is 0 Å². The van der Waals surface area contributed by atoms with E-state index in [9.17, 15) is 14.7 Å². The average molecular weight is 290 g/mol. The smallest absolute Gasteiger partial charge is 0.326 e. The second-order valence-corrected chi connectivity index (χ2v) is 5.73. The Kier molecular flexibility index (Phi) is 7.01. The molecular formula is C12H22N2O4S. The van der Waals surface area contributed by atoms with Crippen LogP contribution < -0.4 is 10.6 Å². The molecule has 7 heteroatoms. The van der Waals surface area contributed by atoms with Gasteiger partial charge in [-0.15, -0.1) is 0 Å². The Morgan fingerprint density at radius 2 is 2.05 bits per heavy atom. The van der Waals surface area contributed by atoms with E-state index in [2.05, 4.69) is 10.6 Å². The number of carbonyl (C=O) groups is 2. The highest BCUT2D eigenvalue weighted by Crippen LogP contribution is 2.18. The van der Waals surface area contributed by atoms with E-state index in [-0.39, 0.29) is 6.04 Å². The fourth-order valence-corrected chi connectivity index (χ4v) is 2.61. The van der Waals surface area contributed by atoms with E-state index in [1.807, 2.05) is 6.26 Å². The zero-order chi connectivity index (χ0) is 14.3. The zero-order valence-corrected chi connectivity index (χ0v) is 11.9. The maximum Gasteiger partial charge on any atom is 0.326 e. The number of carboxylic acids is 1. The van der Waals surface area contributed by atoms with Crippen LogP contribution in [0.25, 0.3) is 0 Å². The second kappa shape index (κ2) is 8.27. The lowest BCUT2D eigenvalue weighted by Gasteiger charge is -2.28. The molecule has 1 fully saturated rings. The van der Waals surface area contributed by atoms with Crippen LogP contribution in [-0.2, 0) is 4.79 Å². The van der Waals surface area contributed by atoms with Crippen LogP contribution in [0.15, 0.2) is 0 Å². The van der Waals surface area contributed by atoms with Crippen molar-refractivity contribution in [3.8, 4) is 0 Å². The Morgan fingerprint density at radius 1 is 1.37 bits per heavy atom. The number of aliphatic hydroxyl groups excluding tert-OH is 1. The molecule has 110 valence electrons. The molecule has 0 saturated heterocycles. The zero-order valence-electron chi connectivity index (χ0n) is 11.1. The van der Waals surface area contributed by atoms with Crippen LogP contribution in [0.1, 0.15) is 32.1 Å². The van der Waals surface area contributed by atoms with Gasteiger partial charge in [-0.05, 0) is 31.3 Å². The lowest BCUT2D eigenvalue weighted by Crippen LogP contribution is -2.52. The Hall–Kier alpha value is -0.950. The molecule has 2 amide bonds. The van der Waals surface area contributed by atoms with E-state index in [1.165, 1.54) is 11.8 Å². The first kappa shape index (κ1) is 16.1. The van der Waals surface area contributed by atoms with Crippen molar-refractivity contribution in [2.24, 2.45) is 0 Å². The minimum Gasteiger partial charge on any atom is -0.480 e. The lowest BCUT2D eigenvalue weighted by atomic mass is 9.93. The normalized spacial score (nSPS) is 24.5. The molecule has 1 aliphatic carbocycles. The molecule has 3 unspecified atom stereocenters. The topological polar surface area (TPSA) is 98.7 Å². The minimum atomic E-state index is -1.03. The predicted molar refractivity (Wildman–Crippen MR) is 74.4 cm³/mol. The van der Waals surface area contributed by atoms with Gasteiger partial charge in [-0.3, -0.25) is 0 Å². The Labute approximate surface area is 117 Å². The van der Waals surface area contributed by atoms with Gasteiger partial charge in [-0.25, -0.2) is 9.59 Å². The lowest BCUT2D eigenvalue weighted by molar-refractivity contribution is -0.139. The third-order valence-corrected chi connectivity index (χ3v) is 3.90. The predicted octanol–water partition coefficient (Wildman–Crippen LogP) is 0.795. The number of carbonyl (C=O) groups excluding carboxylic acids is 1. The van der Waals surface area contributed by atoms with Crippen molar-refractivity contribution in [2.45, 2.75) is 50.3 Å². The highest BCUT2D eigenvalue weighted by molar-refractivity contribution is 7.98. The summed E-state index contributed by atoms with van der Waals surface area (Å²) in [5.74, 6) is -0.364. The summed E-state index contributed by atoms with van der Waals surface area (Å²) in [6, 6.07) is -1.67. The van der Waals surface area contributed by atoms with Crippen molar-refractivity contribution in [3.63, 3.8) is 0 Å². The van der Waals surface area contributed by atoms with Crippen molar-refractivity contribution in [3.05, 3.63) is 0 Å². The standard InChI is InChI=1S/C12H22N2O4S/c1-19-7-6-9(11(16)17)14-12(18)13-8-4-2-3-5-10(8)15/h8-10,15H,2-7H2,1H3,(H,16,17)(H2,13,14,18). The number of rotatable bonds is 6. The second-order valence-electron chi connectivity index (χ2n) is 4.75. The van der Waals surface area contributed by atoms with Crippen LogP contribution in [0.2, 0.25) is 0 Å². The summed E-state index contributed by atoms with van der Waals surface area (Å²) in [5.41, 5.74) is 0. The Morgan fingerprint density at radius 3 is 2.63 bits per heavy atom. The maximum absolute atomic E-state index is 11.7. The minimum absolute atomic E-state index is 0.274. The third-order valence-electron chi connectivity index (χ3n) is 3.26. The summed E-state index contributed by atoms with van der Waals surface area (Å²) >= 11 is 1.54. The van der Waals surface area contributed by atoms with Gasteiger partial charge < -0.3 is 20.8 Å². The van der Waals surface area contributed by atoms with Crippen LogP contribution in [-0.4, -0.2) is 52.4 Å². The van der Waals surface area contributed by atoms with Gasteiger partial charge in [0.1, 0.15) is 6.04 Å². The van der Waals surface area contributed by atoms with E-state index in [4.69, 9.17) is 5.11 Å². The first-order valence-electron chi connectivity index (χ1n) is 6.51. The number of hydrogen-bond donors (Lipinski definition) is 4. The fourth-order valence-electron chi connectivity index (χ4n) is 2.14. The molecule has 0 bridgehead atoms. The number of hydrogen-bond acceptors (Lipinski definition) is 4. The van der Waals surface area contributed by atoms with Gasteiger partial charge >= 0.3 is 12.0 Å². The number of carboxylic acid groups (broad SMARTS) is 1. The van der Waals surface area contributed by atoms with Gasteiger partial charge in [0, 0.05) is 0 Å². The van der Waals surface area contributed by atoms with Crippen LogP contribution in [0.3, 0.4) is 0 Å². The molecule has 0 aliphatic heterocycles. The summed E-state index contributed by atoms with van der Waals surface area (Å²) in [5, 5.41) is 23.9. The van der Waals surface area contributed by atoms with E-state index in [0.29, 0.717) is 18.6 Å². The molecule has 3 atom stereocenters. The first-order valence-corrected chi connectivity index (χ1v) is 7.90. The van der Waals surface area contributed by atoms with E-state index in [1.54, 1.807) is 0 Å². The summed E-state index contributed by atoms with van der Waals surface area (Å²) in [7, 11) is 0. The molecule has 0 radical (unpaired) electrons. The molecule has 0 aromatic carbocycles.